The lowest BCUT2D eigenvalue weighted by atomic mass is 9.86. The van der Waals surface area contributed by atoms with Crippen LogP contribution in [0, 0.1) is 5.92 Å². The van der Waals surface area contributed by atoms with E-state index in [0.717, 1.165) is 25.9 Å². The Morgan fingerprint density at radius 2 is 2.00 bits per heavy atom. The third-order valence-electron chi connectivity index (χ3n) is 2.70. The van der Waals surface area contributed by atoms with Gasteiger partial charge in [0, 0.05) is 0 Å². The molecule has 2 heteroatoms. The van der Waals surface area contributed by atoms with Crippen LogP contribution in [0.4, 0.5) is 4.39 Å². The van der Waals surface area contributed by atoms with E-state index in [4.69, 9.17) is 0 Å². The average Bonchev–Trinajstić information content (AvgIpc) is 2.15. The number of hydrogen-bond acceptors (Lipinski definition) is 1. The number of rotatable bonds is 1. The minimum atomic E-state index is -0.899. The molecule has 1 heterocycles. The zero-order valence-corrected chi connectivity index (χ0v) is 7.49. The Bertz CT molecular complexity index is 115. The van der Waals surface area contributed by atoms with Gasteiger partial charge in [0.25, 0.3) is 0 Å². The highest BCUT2D eigenvalue weighted by Gasteiger charge is 2.33. The van der Waals surface area contributed by atoms with Crippen LogP contribution in [0.15, 0.2) is 0 Å². The van der Waals surface area contributed by atoms with Crippen molar-refractivity contribution in [2.24, 2.45) is 5.92 Å². The van der Waals surface area contributed by atoms with Gasteiger partial charge in [0.1, 0.15) is 5.67 Å². The second kappa shape index (κ2) is 3.53. The van der Waals surface area contributed by atoms with E-state index < -0.39 is 5.67 Å². The molecule has 0 spiro atoms. The van der Waals surface area contributed by atoms with Gasteiger partial charge in [-0.15, -0.1) is 0 Å². The Balaban J connectivity index is 2.52. The molecule has 0 radical (unpaired) electrons. The van der Waals surface area contributed by atoms with Gasteiger partial charge in [-0.05, 0) is 38.3 Å². The molecular formula is C9H18FN. The van der Waals surface area contributed by atoms with E-state index in [0.29, 0.717) is 6.42 Å². The van der Waals surface area contributed by atoms with E-state index in [1.807, 2.05) is 13.8 Å². The molecule has 1 fully saturated rings. The summed E-state index contributed by atoms with van der Waals surface area (Å²) in [5, 5.41) is 3.22. The molecule has 1 aliphatic rings. The van der Waals surface area contributed by atoms with Crippen molar-refractivity contribution in [3.63, 3.8) is 0 Å². The van der Waals surface area contributed by atoms with Crippen LogP contribution in [0.1, 0.15) is 33.1 Å². The molecule has 0 aromatic rings. The van der Waals surface area contributed by atoms with Crippen molar-refractivity contribution in [2.75, 3.05) is 13.1 Å². The summed E-state index contributed by atoms with van der Waals surface area (Å²) in [5.74, 6) is 0.169. The van der Waals surface area contributed by atoms with Gasteiger partial charge in [-0.25, -0.2) is 4.39 Å². The average molecular weight is 159 g/mol. The zero-order chi connectivity index (χ0) is 8.32. The van der Waals surface area contributed by atoms with Crippen molar-refractivity contribution in [3.05, 3.63) is 0 Å². The molecule has 1 unspecified atom stereocenters. The molecular weight excluding hydrogens is 141 g/mol. The molecule has 1 saturated heterocycles. The first-order chi connectivity index (χ1) is 5.15. The Kier molecular flexibility index (Phi) is 2.88. The van der Waals surface area contributed by atoms with Crippen LogP contribution in [0.5, 0.6) is 0 Å². The first kappa shape index (κ1) is 8.98. The van der Waals surface area contributed by atoms with Crippen LogP contribution in [0.3, 0.4) is 0 Å². The van der Waals surface area contributed by atoms with Crippen LogP contribution in [0.2, 0.25) is 0 Å². The molecule has 1 aliphatic heterocycles. The summed E-state index contributed by atoms with van der Waals surface area (Å²) in [5.41, 5.74) is -0.899. The predicted octanol–water partition coefficient (Wildman–Crippen LogP) is 2.12. The molecule has 11 heavy (non-hydrogen) atoms. The molecule has 1 atom stereocenters. The quantitative estimate of drug-likeness (QED) is 0.618. The van der Waals surface area contributed by atoms with E-state index >= 15 is 0 Å². The molecule has 0 saturated carbocycles. The molecule has 0 aromatic carbocycles. The third kappa shape index (κ3) is 2.16. The number of halogens is 1. The summed E-state index contributed by atoms with van der Waals surface area (Å²) in [7, 11) is 0. The standard InChI is InChI=1S/C9H18FN/c1-8(2)9(10)4-3-6-11-7-5-9/h8,11H,3-7H2,1-2H3. The van der Waals surface area contributed by atoms with Gasteiger partial charge in [0.05, 0.1) is 0 Å². The van der Waals surface area contributed by atoms with Crippen molar-refractivity contribution in [3.8, 4) is 0 Å². The Labute approximate surface area is 68.4 Å². The Hall–Kier alpha value is -0.110. The largest absolute Gasteiger partial charge is 0.317 e. The van der Waals surface area contributed by atoms with E-state index in [1.54, 1.807) is 0 Å². The first-order valence-electron chi connectivity index (χ1n) is 4.55. The second-order valence-electron chi connectivity index (χ2n) is 3.79. The fourth-order valence-electron chi connectivity index (χ4n) is 1.63. The maximum atomic E-state index is 13.9. The maximum Gasteiger partial charge on any atom is 0.114 e. The lowest BCUT2D eigenvalue weighted by molar-refractivity contribution is 0.0851. The maximum absolute atomic E-state index is 13.9. The Morgan fingerprint density at radius 3 is 2.64 bits per heavy atom. The highest BCUT2D eigenvalue weighted by Crippen LogP contribution is 2.31. The SMILES string of the molecule is CC(C)C1(F)CCCNCC1. The van der Waals surface area contributed by atoms with E-state index in [9.17, 15) is 4.39 Å². The van der Waals surface area contributed by atoms with Crippen molar-refractivity contribution in [1.82, 2.24) is 5.32 Å². The Morgan fingerprint density at radius 1 is 1.27 bits per heavy atom. The van der Waals surface area contributed by atoms with Gasteiger partial charge < -0.3 is 5.32 Å². The van der Waals surface area contributed by atoms with E-state index in [2.05, 4.69) is 5.32 Å². The van der Waals surface area contributed by atoms with Crippen LogP contribution in [-0.2, 0) is 0 Å². The van der Waals surface area contributed by atoms with Crippen molar-refractivity contribution in [2.45, 2.75) is 38.8 Å². The van der Waals surface area contributed by atoms with Crippen molar-refractivity contribution in [1.29, 1.82) is 0 Å². The normalized spacial score (nSPS) is 33.8. The van der Waals surface area contributed by atoms with Gasteiger partial charge in [0.15, 0.2) is 0 Å². The molecule has 0 aliphatic carbocycles. The van der Waals surface area contributed by atoms with Crippen LogP contribution in [0.25, 0.3) is 0 Å². The minimum Gasteiger partial charge on any atom is -0.317 e. The third-order valence-corrected chi connectivity index (χ3v) is 2.70. The molecule has 1 rings (SSSR count). The highest BCUT2D eigenvalue weighted by atomic mass is 19.1. The van der Waals surface area contributed by atoms with Gasteiger partial charge in [-0.2, -0.15) is 0 Å². The second-order valence-corrected chi connectivity index (χ2v) is 3.79. The molecule has 1 N–H and O–H groups in total. The molecule has 0 amide bonds. The summed E-state index contributed by atoms with van der Waals surface area (Å²) in [6.45, 7) is 5.78. The summed E-state index contributed by atoms with van der Waals surface area (Å²) in [6, 6.07) is 0. The summed E-state index contributed by atoms with van der Waals surface area (Å²) in [4.78, 5) is 0. The van der Waals surface area contributed by atoms with Crippen LogP contribution in [-0.4, -0.2) is 18.8 Å². The van der Waals surface area contributed by atoms with Gasteiger partial charge in [-0.1, -0.05) is 13.8 Å². The summed E-state index contributed by atoms with van der Waals surface area (Å²) >= 11 is 0. The monoisotopic (exact) mass is 159 g/mol. The lowest BCUT2D eigenvalue weighted by Gasteiger charge is -2.27. The summed E-state index contributed by atoms with van der Waals surface area (Å²) in [6.07, 6.45) is 2.40. The number of hydrogen-bond donors (Lipinski definition) is 1. The zero-order valence-electron chi connectivity index (χ0n) is 7.49. The molecule has 0 aromatic heterocycles. The topological polar surface area (TPSA) is 12.0 Å². The molecule has 66 valence electrons. The predicted molar refractivity (Wildman–Crippen MR) is 45.4 cm³/mol. The van der Waals surface area contributed by atoms with Crippen LogP contribution < -0.4 is 5.32 Å². The number of alkyl halides is 1. The first-order valence-corrected chi connectivity index (χ1v) is 4.55. The van der Waals surface area contributed by atoms with E-state index in [-0.39, 0.29) is 5.92 Å². The molecule has 0 bridgehead atoms. The van der Waals surface area contributed by atoms with Crippen molar-refractivity contribution >= 4 is 0 Å². The van der Waals surface area contributed by atoms with Crippen molar-refractivity contribution < 1.29 is 4.39 Å². The van der Waals surface area contributed by atoms with E-state index in [1.165, 1.54) is 0 Å². The van der Waals surface area contributed by atoms with Gasteiger partial charge in [0.2, 0.25) is 0 Å². The minimum absolute atomic E-state index is 0.169. The fourth-order valence-corrected chi connectivity index (χ4v) is 1.63. The summed E-state index contributed by atoms with van der Waals surface area (Å²) < 4.78 is 13.9. The van der Waals surface area contributed by atoms with Gasteiger partial charge >= 0.3 is 0 Å². The highest BCUT2D eigenvalue weighted by molar-refractivity contribution is 4.85. The van der Waals surface area contributed by atoms with Crippen LogP contribution >= 0.6 is 0 Å². The smallest absolute Gasteiger partial charge is 0.114 e. The number of nitrogens with one attached hydrogen (secondary N) is 1. The fraction of sp³-hybridized carbons (Fsp3) is 1.00. The molecule has 1 nitrogen and oxygen atoms in total. The lowest BCUT2D eigenvalue weighted by Crippen LogP contribution is -2.30. The van der Waals surface area contributed by atoms with Gasteiger partial charge in [-0.3, -0.25) is 0 Å².